The van der Waals surface area contributed by atoms with Gasteiger partial charge in [0.15, 0.2) is 0 Å². The standard InChI is InChI=1S/C18H21N5O/c1-20-12-13(11-19)18(24)23-17-9-7-16(8-10-17)22-15-5-3-14(21-2)4-6-15/h3-12,21-22H,19H2,1-2H3,(H,23,24). The molecule has 0 fully saturated rings. The van der Waals surface area contributed by atoms with E-state index in [-0.39, 0.29) is 5.91 Å². The summed E-state index contributed by atoms with van der Waals surface area (Å²) in [5.74, 6) is -0.300. The summed E-state index contributed by atoms with van der Waals surface area (Å²) in [6, 6.07) is 15.4. The largest absolute Gasteiger partial charge is 0.404 e. The monoisotopic (exact) mass is 323 g/mol. The lowest BCUT2D eigenvalue weighted by atomic mass is 10.2. The maximum Gasteiger partial charge on any atom is 0.258 e. The van der Waals surface area contributed by atoms with Crippen LogP contribution in [-0.4, -0.2) is 26.2 Å². The van der Waals surface area contributed by atoms with Crippen LogP contribution in [0.1, 0.15) is 0 Å². The highest BCUT2D eigenvalue weighted by Crippen LogP contribution is 2.20. The summed E-state index contributed by atoms with van der Waals surface area (Å²) in [6.07, 6.45) is 2.65. The van der Waals surface area contributed by atoms with Crippen LogP contribution in [0.15, 0.2) is 65.3 Å². The van der Waals surface area contributed by atoms with E-state index in [9.17, 15) is 4.79 Å². The number of amides is 1. The van der Waals surface area contributed by atoms with Crippen LogP contribution < -0.4 is 21.7 Å². The van der Waals surface area contributed by atoms with Crippen LogP contribution in [0.25, 0.3) is 0 Å². The molecule has 1 amide bonds. The second-order valence-corrected chi connectivity index (χ2v) is 4.99. The number of nitrogens with one attached hydrogen (secondary N) is 3. The van der Waals surface area contributed by atoms with E-state index in [0.29, 0.717) is 11.3 Å². The van der Waals surface area contributed by atoms with Crippen molar-refractivity contribution in [3.8, 4) is 0 Å². The molecule has 6 nitrogen and oxygen atoms in total. The van der Waals surface area contributed by atoms with E-state index in [2.05, 4.69) is 20.9 Å². The summed E-state index contributed by atoms with van der Waals surface area (Å²) >= 11 is 0. The zero-order valence-electron chi connectivity index (χ0n) is 13.7. The number of anilines is 4. The van der Waals surface area contributed by atoms with Gasteiger partial charge in [-0.1, -0.05) is 0 Å². The first-order chi connectivity index (χ1) is 11.7. The minimum atomic E-state index is -0.300. The minimum Gasteiger partial charge on any atom is -0.404 e. The minimum absolute atomic E-state index is 0.300. The topological polar surface area (TPSA) is 91.5 Å². The number of carbonyl (C=O) groups excluding carboxylic acids is 1. The molecule has 2 aromatic carbocycles. The van der Waals surface area contributed by atoms with Gasteiger partial charge < -0.3 is 21.7 Å². The van der Waals surface area contributed by atoms with Gasteiger partial charge in [-0.2, -0.15) is 0 Å². The Bertz CT molecular complexity index is 733. The molecule has 0 spiro atoms. The summed E-state index contributed by atoms with van der Waals surface area (Å²) in [7, 11) is 3.47. The normalized spacial score (nSPS) is 11.3. The van der Waals surface area contributed by atoms with Crippen molar-refractivity contribution < 1.29 is 4.79 Å². The van der Waals surface area contributed by atoms with Crippen molar-refractivity contribution in [2.75, 3.05) is 30.0 Å². The molecule has 0 atom stereocenters. The van der Waals surface area contributed by atoms with Gasteiger partial charge in [0.25, 0.3) is 5.91 Å². The van der Waals surface area contributed by atoms with E-state index >= 15 is 0 Å². The van der Waals surface area contributed by atoms with Gasteiger partial charge in [-0.3, -0.25) is 9.79 Å². The summed E-state index contributed by atoms with van der Waals surface area (Å²) in [5.41, 5.74) is 9.37. The summed E-state index contributed by atoms with van der Waals surface area (Å²) in [5, 5.41) is 9.14. The Balaban J connectivity index is 2.00. The zero-order chi connectivity index (χ0) is 17.4. The number of aliphatic imine (C=N–C) groups is 1. The van der Waals surface area contributed by atoms with Crippen LogP contribution in [0.5, 0.6) is 0 Å². The number of hydrogen-bond acceptors (Lipinski definition) is 5. The molecule has 2 aromatic rings. The summed E-state index contributed by atoms with van der Waals surface area (Å²) in [6.45, 7) is 0. The molecule has 0 aliphatic carbocycles. The molecule has 0 radical (unpaired) electrons. The molecule has 0 heterocycles. The third kappa shape index (κ3) is 4.61. The quantitative estimate of drug-likeness (QED) is 0.486. The van der Waals surface area contributed by atoms with Crippen molar-refractivity contribution in [2.24, 2.45) is 10.7 Å². The van der Waals surface area contributed by atoms with Crippen LogP contribution in [0, 0.1) is 0 Å². The van der Waals surface area contributed by atoms with Crippen LogP contribution >= 0.6 is 0 Å². The molecule has 0 aliphatic rings. The van der Waals surface area contributed by atoms with Crippen molar-refractivity contribution >= 4 is 34.9 Å². The van der Waals surface area contributed by atoms with E-state index in [1.54, 1.807) is 7.05 Å². The number of rotatable bonds is 6. The van der Waals surface area contributed by atoms with Gasteiger partial charge in [0.2, 0.25) is 0 Å². The lowest BCUT2D eigenvalue weighted by molar-refractivity contribution is -0.112. The lowest BCUT2D eigenvalue weighted by Crippen LogP contribution is -2.16. The zero-order valence-corrected chi connectivity index (χ0v) is 13.7. The predicted molar refractivity (Wildman–Crippen MR) is 101 cm³/mol. The first kappa shape index (κ1) is 17.1. The van der Waals surface area contributed by atoms with Gasteiger partial charge in [-0.25, -0.2) is 0 Å². The molecule has 0 saturated carbocycles. The van der Waals surface area contributed by atoms with Crippen molar-refractivity contribution in [3.05, 3.63) is 60.3 Å². The first-order valence-electron chi connectivity index (χ1n) is 7.46. The molecule has 0 aliphatic heterocycles. The van der Waals surface area contributed by atoms with Crippen LogP contribution in [-0.2, 0) is 4.79 Å². The van der Waals surface area contributed by atoms with Gasteiger partial charge >= 0.3 is 0 Å². The second-order valence-electron chi connectivity index (χ2n) is 4.99. The Morgan fingerprint density at radius 1 is 0.958 bits per heavy atom. The maximum absolute atomic E-state index is 12.0. The number of hydrogen-bond donors (Lipinski definition) is 4. The van der Waals surface area contributed by atoms with Gasteiger partial charge in [0.1, 0.15) is 0 Å². The maximum atomic E-state index is 12.0. The van der Waals surface area contributed by atoms with E-state index < -0.39 is 0 Å². The fourth-order valence-electron chi connectivity index (χ4n) is 2.04. The van der Waals surface area contributed by atoms with Crippen molar-refractivity contribution in [1.29, 1.82) is 0 Å². The van der Waals surface area contributed by atoms with E-state index in [4.69, 9.17) is 5.73 Å². The molecule has 0 saturated heterocycles. The van der Waals surface area contributed by atoms with Gasteiger partial charge in [-0.05, 0) is 48.5 Å². The van der Waals surface area contributed by atoms with Crippen molar-refractivity contribution in [2.45, 2.75) is 0 Å². The van der Waals surface area contributed by atoms with E-state index in [1.165, 1.54) is 12.4 Å². The third-order valence-corrected chi connectivity index (χ3v) is 3.31. The van der Waals surface area contributed by atoms with Crippen LogP contribution in [0.4, 0.5) is 22.7 Å². The molecule has 0 bridgehead atoms. The molecule has 5 N–H and O–H groups in total. The molecular weight excluding hydrogens is 302 g/mol. The Hall–Kier alpha value is -3.28. The van der Waals surface area contributed by atoms with Crippen LogP contribution in [0.2, 0.25) is 0 Å². The second kappa shape index (κ2) is 8.38. The molecule has 24 heavy (non-hydrogen) atoms. The van der Waals surface area contributed by atoms with Crippen molar-refractivity contribution in [1.82, 2.24) is 0 Å². The number of nitrogens with zero attached hydrogens (tertiary/aromatic N) is 1. The fraction of sp³-hybridized carbons (Fsp3) is 0.111. The number of carbonyl (C=O) groups is 1. The molecule has 2 rings (SSSR count). The average Bonchev–Trinajstić information content (AvgIpc) is 2.62. The predicted octanol–water partition coefficient (Wildman–Crippen LogP) is 2.95. The van der Waals surface area contributed by atoms with Gasteiger partial charge in [-0.15, -0.1) is 0 Å². The highest BCUT2D eigenvalue weighted by atomic mass is 16.1. The van der Waals surface area contributed by atoms with E-state index in [0.717, 1.165) is 17.1 Å². The van der Waals surface area contributed by atoms with Gasteiger partial charge in [0, 0.05) is 49.3 Å². The lowest BCUT2D eigenvalue weighted by Gasteiger charge is -2.09. The molecule has 6 heteroatoms. The number of benzene rings is 2. The molecular formula is C18H21N5O. The van der Waals surface area contributed by atoms with Crippen molar-refractivity contribution in [3.63, 3.8) is 0 Å². The average molecular weight is 323 g/mol. The molecule has 0 aromatic heterocycles. The van der Waals surface area contributed by atoms with Crippen LogP contribution in [0.3, 0.4) is 0 Å². The Morgan fingerprint density at radius 2 is 1.46 bits per heavy atom. The SMILES string of the molecule is CN=CC(=CN)C(=O)Nc1ccc(Nc2ccc(NC)cc2)cc1. The summed E-state index contributed by atoms with van der Waals surface area (Å²) in [4.78, 5) is 15.8. The third-order valence-electron chi connectivity index (χ3n) is 3.31. The Labute approximate surface area is 141 Å². The summed E-state index contributed by atoms with van der Waals surface area (Å²) < 4.78 is 0. The molecule has 0 unspecified atom stereocenters. The fourth-order valence-corrected chi connectivity index (χ4v) is 2.04. The Kier molecular flexibility index (Phi) is 5.96. The molecule has 124 valence electrons. The smallest absolute Gasteiger partial charge is 0.258 e. The van der Waals surface area contributed by atoms with Gasteiger partial charge in [0.05, 0.1) is 5.57 Å². The van der Waals surface area contributed by atoms with E-state index in [1.807, 2.05) is 55.6 Å². The highest BCUT2D eigenvalue weighted by Gasteiger charge is 2.06. The highest BCUT2D eigenvalue weighted by molar-refractivity contribution is 6.17. The Morgan fingerprint density at radius 3 is 1.92 bits per heavy atom. The first-order valence-corrected chi connectivity index (χ1v) is 7.46. The number of nitrogens with two attached hydrogens (primary N) is 1.